The quantitative estimate of drug-likeness (QED) is 0.736. The Morgan fingerprint density at radius 3 is 2.38 bits per heavy atom. The standard InChI is InChI=1S/C11H15NO/c12-7-11(13)10-5-3-9(4-6-10)8-1-2-8/h3-6,8,11,13H,1-2,7,12H2/t11-/m1/s1. The summed E-state index contributed by atoms with van der Waals surface area (Å²) < 4.78 is 0. The number of aliphatic hydroxyl groups is 1. The van der Waals surface area contributed by atoms with Crippen molar-refractivity contribution in [1.82, 2.24) is 0 Å². The van der Waals surface area contributed by atoms with Crippen molar-refractivity contribution in [2.45, 2.75) is 24.9 Å². The van der Waals surface area contributed by atoms with Crippen LogP contribution < -0.4 is 5.73 Å². The Bertz CT molecular complexity index is 277. The smallest absolute Gasteiger partial charge is 0.0912 e. The Hall–Kier alpha value is -0.860. The molecule has 0 spiro atoms. The van der Waals surface area contributed by atoms with Crippen LogP contribution in [-0.2, 0) is 0 Å². The third-order valence-corrected chi connectivity index (χ3v) is 2.59. The molecule has 0 unspecified atom stereocenters. The van der Waals surface area contributed by atoms with Gasteiger partial charge in [0, 0.05) is 6.54 Å². The highest BCUT2D eigenvalue weighted by Crippen LogP contribution is 2.40. The van der Waals surface area contributed by atoms with E-state index < -0.39 is 6.10 Å². The van der Waals surface area contributed by atoms with Gasteiger partial charge in [-0.15, -0.1) is 0 Å². The van der Waals surface area contributed by atoms with E-state index in [1.54, 1.807) is 0 Å². The molecule has 2 heteroatoms. The first kappa shape index (κ1) is 8.73. The van der Waals surface area contributed by atoms with Gasteiger partial charge in [-0.2, -0.15) is 0 Å². The lowest BCUT2D eigenvalue weighted by Crippen LogP contribution is -2.11. The Balaban J connectivity index is 2.12. The average Bonchev–Trinajstić information content (AvgIpc) is 3.00. The Kier molecular flexibility index (Phi) is 2.34. The number of aliphatic hydroxyl groups excluding tert-OH is 1. The van der Waals surface area contributed by atoms with E-state index in [1.807, 2.05) is 12.1 Å². The molecule has 0 heterocycles. The van der Waals surface area contributed by atoms with Gasteiger partial charge >= 0.3 is 0 Å². The molecule has 1 atom stereocenters. The Morgan fingerprint density at radius 2 is 1.92 bits per heavy atom. The van der Waals surface area contributed by atoms with Gasteiger partial charge in [0.2, 0.25) is 0 Å². The summed E-state index contributed by atoms with van der Waals surface area (Å²) in [4.78, 5) is 0. The van der Waals surface area contributed by atoms with E-state index in [1.165, 1.54) is 18.4 Å². The normalized spacial score (nSPS) is 18.6. The number of nitrogens with two attached hydrogens (primary N) is 1. The molecule has 1 aromatic rings. The molecule has 0 radical (unpaired) electrons. The molecular weight excluding hydrogens is 162 g/mol. The van der Waals surface area contributed by atoms with Crippen LogP contribution in [-0.4, -0.2) is 11.7 Å². The van der Waals surface area contributed by atoms with Crippen molar-refractivity contribution in [3.8, 4) is 0 Å². The van der Waals surface area contributed by atoms with Gasteiger partial charge < -0.3 is 10.8 Å². The van der Waals surface area contributed by atoms with E-state index in [0.717, 1.165) is 11.5 Å². The maximum atomic E-state index is 9.45. The third kappa shape index (κ3) is 1.90. The van der Waals surface area contributed by atoms with Gasteiger partial charge in [0.15, 0.2) is 0 Å². The van der Waals surface area contributed by atoms with Crippen molar-refractivity contribution in [2.24, 2.45) is 5.73 Å². The van der Waals surface area contributed by atoms with E-state index in [0.29, 0.717) is 6.54 Å². The minimum absolute atomic E-state index is 0.294. The van der Waals surface area contributed by atoms with E-state index >= 15 is 0 Å². The molecule has 13 heavy (non-hydrogen) atoms. The fourth-order valence-corrected chi connectivity index (χ4v) is 1.54. The molecule has 2 nitrogen and oxygen atoms in total. The fraction of sp³-hybridized carbons (Fsp3) is 0.455. The number of rotatable bonds is 3. The van der Waals surface area contributed by atoms with Crippen LogP contribution in [0.4, 0.5) is 0 Å². The first-order valence-electron chi connectivity index (χ1n) is 4.79. The highest BCUT2D eigenvalue weighted by Gasteiger charge is 2.23. The topological polar surface area (TPSA) is 46.2 Å². The fourth-order valence-electron chi connectivity index (χ4n) is 1.54. The molecule has 0 aliphatic heterocycles. The van der Waals surface area contributed by atoms with E-state index in [9.17, 15) is 5.11 Å². The maximum Gasteiger partial charge on any atom is 0.0912 e. The number of benzene rings is 1. The number of hydrogen-bond acceptors (Lipinski definition) is 2. The molecule has 0 amide bonds. The van der Waals surface area contributed by atoms with E-state index in [-0.39, 0.29) is 0 Å². The molecule has 3 N–H and O–H groups in total. The van der Waals surface area contributed by atoms with Gasteiger partial charge in [-0.05, 0) is 29.9 Å². The van der Waals surface area contributed by atoms with Crippen LogP contribution in [0.3, 0.4) is 0 Å². The molecule has 1 aromatic carbocycles. The summed E-state index contributed by atoms with van der Waals surface area (Å²) in [7, 11) is 0. The summed E-state index contributed by atoms with van der Waals surface area (Å²) in [5.74, 6) is 0.782. The second-order valence-corrected chi connectivity index (χ2v) is 3.69. The SMILES string of the molecule is NC[C@@H](O)c1ccc(C2CC2)cc1. The molecule has 1 fully saturated rings. The zero-order valence-corrected chi connectivity index (χ0v) is 7.61. The van der Waals surface area contributed by atoms with Gasteiger partial charge in [-0.25, -0.2) is 0 Å². The van der Waals surface area contributed by atoms with Crippen molar-refractivity contribution in [3.05, 3.63) is 35.4 Å². The summed E-state index contributed by atoms with van der Waals surface area (Å²) in [6, 6.07) is 8.16. The van der Waals surface area contributed by atoms with Crippen LogP contribution in [0.2, 0.25) is 0 Å². The van der Waals surface area contributed by atoms with Crippen molar-refractivity contribution in [2.75, 3.05) is 6.54 Å². The highest BCUT2D eigenvalue weighted by atomic mass is 16.3. The first-order valence-corrected chi connectivity index (χ1v) is 4.79. The first-order chi connectivity index (χ1) is 6.31. The minimum atomic E-state index is -0.506. The second kappa shape index (κ2) is 3.48. The lowest BCUT2D eigenvalue weighted by Gasteiger charge is -2.08. The predicted molar refractivity (Wildman–Crippen MR) is 52.4 cm³/mol. The molecular formula is C11H15NO. The molecule has 2 rings (SSSR count). The summed E-state index contributed by atoms with van der Waals surface area (Å²) in [6.45, 7) is 0.294. The molecule has 0 bridgehead atoms. The third-order valence-electron chi connectivity index (χ3n) is 2.59. The van der Waals surface area contributed by atoms with E-state index in [2.05, 4.69) is 12.1 Å². The highest BCUT2D eigenvalue weighted by molar-refractivity contribution is 5.29. The molecule has 0 saturated heterocycles. The van der Waals surface area contributed by atoms with E-state index in [4.69, 9.17) is 5.73 Å². The molecule has 70 valence electrons. The lowest BCUT2D eigenvalue weighted by atomic mass is 10.0. The molecule has 1 aliphatic rings. The van der Waals surface area contributed by atoms with Crippen LogP contribution in [0, 0.1) is 0 Å². The Labute approximate surface area is 78.4 Å². The maximum absolute atomic E-state index is 9.45. The van der Waals surface area contributed by atoms with Crippen LogP contribution in [0.25, 0.3) is 0 Å². The predicted octanol–water partition coefficient (Wildman–Crippen LogP) is 1.56. The molecule has 0 aromatic heterocycles. The summed E-state index contributed by atoms with van der Waals surface area (Å²) in [5.41, 5.74) is 7.68. The monoisotopic (exact) mass is 177 g/mol. The van der Waals surface area contributed by atoms with Gasteiger partial charge in [0.05, 0.1) is 6.10 Å². The van der Waals surface area contributed by atoms with Gasteiger partial charge in [0.25, 0.3) is 0 Å². The van der Waals surface area contributed by atoms with Crippen LogP contribution in [0.15, 0.2) is 24.3 Å². The van der Waals surface area contributed by atoms with Crippen LogP contribution in [0.5, 0.6) is 0 Å². The zero-order valence-electron chi connectivity index (χ0n) is 7.61. The summed E-state index contributed by atoms with van der Waals surface area (Å²) in [5, 5.41) is 9.45. The Morgan fingerprint density at radius 1 is 1.31 bits per heavy atom. The van der Waals surface area contributed by atoms with Crippen LogP contribution >= 0.6 is 0 Å². The minimum Gasteiger partial charge on any atom is -0.387 e. The average molecular weight is 177 g/mol. The molecule has 1 saturated carbocycles. The largest absolute Gasteiger partial charge is 0.387 e. The summed E-state index contributed by atoms with van der Waals surface area (Å²) >= 11 is 0. The van der Waals surface area contributed by atoms with Gasteiger partial charge in [-0.3, -0.25) is 0 Å². The van der Waals surface area contributed by atoms with Gasteiger partial charge in [-0.1, -0.05) is 24.3 Å². The lowest BCUT2D eigenvalue weighted by molar-refractivity contribution is 0.186. The van der Waals surface area contributed by atoms with Gasteiger partial charge in [0.1, 0.15) is 0 Å². The zero-order chi connectivity index (χ0) is 9.26. The summed E-state index contributed by atoms with van der Waals surface area (Å²) in [6.07, 6.45) is 2.13. The molecule has 1 aliphatic carbocycles. The second-order valence-electron chi connectivity index (χ2n) is 3.69. The number of hydrogen-bond donors (Lipinski definition) is 2. The van der Waals surface area contributed by atoms with Crippen LogP contribution in [0.1, 0.15) is 36.0 Å². The van der Waals surface area contributed by atoms with Crippen molar-refractivity contribution < 1.29 is 5.11 Å². The van der Waals surface area contributed by atoms with Crippen molar-refractivity contribution in [1.29, 1.82) is 0 Å². The van der Waals surface area contributed by atoms with Crippen molar-refractivity contribution >= 4 is 0 Å². The van der Waals surface area contributed by atoms with Crippen molar-refractivity contribution in [3.63, 3.8) is 0 Å².